The molecule has 0 aliphatic rings. The molecule has 3 nitrogen and oxygen atoms in total. The van der Waals surface area contributed by atoms with Crippen LogP contribution in [0.2, 0.25) is 0 Å². The number of rotatable bonds is 5. The Morgan fingerprint density at radius 2 is 1.76 bits per heavy atom. The largest absolute Gasteiger partial charge is 0.295 e. The van der Waals surface area contributed by atoms with Gasteiger partial charge in [-0.05, 0) is 29.9 Å². The second-order valence-electron chi connectivity index (χ2n) is 6.25. The molecule has 0 N–H and O–H groups in total. The maximum absolute atomic E-state index is 12.8. The van der Waals surface area contributed by atoms with Crippen LogP contribution in [0.1, 0.15) is 33.5 Å². The molecule has 0 aliphatic heterocycles. The van der Waals surface area contributed by atoms with Gasteiger partial charge >= 0.3 is 0 Å². The van der Waals surface area contributed by atoms with Crippen molar-refractivity contribution in [2.45, 2.75) is 40.1 Å². The molecule has 114 valence electrons. The van der Waals surface area contributed by atoms with Gasteiger partial charge in [0.25, 0.3) is 5.56 Å². The third kappa shape index (κ3) is 3.29. The van der Waals surface area contributed by atoms with Gasteiger partial charge in [-0.2, -0.15) is 0 Å². The summed E-state index contributed by atoms with van der Waals surface area (Å²) >= 11 is 6.02. The van der Waals surface area contributed by atoms with Gasteiger partial charge in [0, 0.05) is 6.54 Å². The van der Waals surface area contributed by atoms with Crippen molar-refractivity contribution in [3.63, 3.8) is 0 Å². The van der Waals surface area contributed by atoms with Crippen LogP contribution in [0.3, 0.4) is 0 Å². The number of benzene rings is 1. The molecule has 2 aromatic rings. The van der Waals surface area contributed by atoms with Gasteiger partial charge in [-0.15, -0.1) is 11.6 Å². The van der Waals surface area contributed by atoms with Gasteiger partial charge in [-0.25, -0.2) is 4.98 Å². The molecule has 0 spiro atoms. The predicted octanol–water partition coefficient (Wildman–Crippen LogP) is 4.06. The molecule has 1 heterocycles. The van der Waals surface area contributed by atoms with Crippen LogP contribution in [-0.2, 0) is 12.4 Å². The number of hydrogen-bond donors (Lipinski definition) is 0. The first-order valence-electron chi connectivity index (χ1n) is 7.50. The summed E-state index contributed by atoms with van der Waals surface area (Å²) in [6.07, 6.45) is 0. The molecule has 2 rings (SSSR count). The Bertz CT molecular complexity index is 668. The number of fused-ring (bicyclic) bond motifs is 1. The Balaban J connectivity index is 2.56. The van der Waals surface area contributed by atoms with E-state index in [0.717, 1.165) is 5.52 Å². The SMILES string of the molecule is CC(C)C(Cn1c(CCl)nc2ccccc2c1=O)C(C)C. The van der Waals surface area contributed by atoms with Crippen LogP contribution in [0.4, 0.5) is 0 Å². The second-order valence-corrected chi connectivity index (χ2v) is 6.51. The van der Waals surface area contributed by atoms with Crippen molar-refractivity contribution in [3.05, 3.63) is 40.4 Å². The molecule has 0 amide bonds. The van der Waals surface area contributed by atoms with Crippen molar-refractivity contribution < 1.29 is 0 Å². The van der Waals surface area contributed by atoms with E-state index in [1.165, 1.54) is 0 Å². The summed E-state index contributed by atoms with van der Waals surface area (Å²) in [5, 5.41) is 0.664. The number of hydrogen-bond acceptors (Lipinski definition) is 2. The van der Waals surface area contributed by atoms with Crippen molar-refractivity contribution in [1.82, 2.24) is 9.55 Å². The smallest absolute Gasteiger partial charge is 0.261 e. The summed E-state index contributed by atoms with van der Waals surface area (Å²) in [6.45, 7) is 9.47. The van der Waals surface area contributed by atoms with Crippen LogP contribution in [0.15, 0.2) is 29.1 Å². The van der Waals surface area contributed by atoms with Crippen molar-refractivity contribution >= 4 is 22.5 Å². The van der Waals surface area contributed by atoms with Crippen molar-refractivity contribution in [2.24, 2.45) is 17.8 Å². The van der Waals surface area contributed by atoms with Crippen LogP contribution in [0.5, 0.6) is 0 Å². The van der Waals surface area contributed by atoms with Crippen molar-refractivity contribution in [3.8, 4) is 0 Å². The molecule has 4 heteroatoms. The lowest BCUT2D eigenvalue weighted by Gasteiger charge is -2.26. The monoisotopic (exact) mass is 306 g/mol. The van der Waals surface area contributed by atoms with Crippen molar-refractivity contribution in [1.29, 1.82) is 0 Å². The van der Waals surface area contributed by atoms with Gasteiger partial charge < -0.3 is 0 Å². The van der Waals surface area contributed by atoms with Crippen LogP contribution in [0.25, 0.3) is 10.9 Å². The van der Waals surface area contributed by atoms with E-state index >= 15 is 0 Å². The highest BCUT2D eigenvalue weighted by atomic mass is 35.5. The van der Waals surface area contributed by atoms with Crippen LogP contribution in [0, 0.1) is 17.8 Å². The summed E-state index contributed by atoms with van der Waals surface area (Å²) in [6, 6.07) is 7.46. The number of nitrogens with zero attached hydrogens (tertiary/aromatic N) is 2. The molecule has 0 fully saturated rings. The Hall–Kier alpha value is -1.35. The maximum Gasteiger partial charge on any atom is 0.261 e. The van der Waals surface area contributed by atoms with Crippen LogP contribution >= 0.6 is 11.6 Å². The third-order valence-corrected chi connectivity index (χ3v) is 4.41. The normalized spacial score (nSPS) is 12.0. The number of aromatic nitrogens is 2. The topological polar surface area (TPSA) is 34.9 Å². The molecule has 0 atom stereocenters. The van der Waals surface area contributed by atoms with E-state index in [4.69, 9.17) is 11.6 Å². The molecule has 0 radical (unpaired) electrons. The van der Waals surface area contributed by atoms with Gasteiger partial charge in [0.05, 0.1) is 16.8 Å². The number of para-hydroxylation sites is 1. The van der Waals surface area contributed by atoms with E-state index in [1.54, 1.807) is 4.57 Å². The van der Waals surface area contributed by atoms with Gasteiger partial charge in [-0.1, -0.05) is 39.8 Å². The van der Waals surface area contributed by atoms with Crippen LogP contribution in [-0.4, -0.2) is 9.55 Å². The fraction of sp³-hybridized carbons (Fsp3) is 0.529. The zero-order valence-corrected chi connectivity index (χ0v) is 13.9. The Morgan fingerprint density at radius 1 is 1.14 bits per heavy atom. The summed E-state index contributed by atoms with van der Waals surface area (Å²) in [5.74, 6) is 2.35. The Labute approximate surface area is 131 Å². The summed E-state index contributed by atoms with van der Waals surface area (Å²) in [7, 11) is 0. The molecular formula is C17H23ClN2O. The summed E-state index contributed by atoms with van der Waals surface area (Å²) < 4.78 is 1.76. The van der Waals surface area contributed by atoms with Gasteiger partial charge in [0.15, 0.2) is 0 Å². The lowest BCUT2D eigenvalue weighted by Crippen LogP contribution is -2.31. The molecule has 21 heavy (non-hydrogen) atoms. The molecule has 1 aromatic carbocycles. The first-order chi connectivity index (χ1) is 9.95. The fourth-order valence-electron chi connectivity index (χ4n) is 2.91. The van der Waals surface area contributed by atoms with Gasteiger partial charge in [-0.3, -0.25) is 9.36 Å². The Morgan fingerprint density at radius 3 is 2.33 bits per heavy atom. The molecule has 0 unspecified atom stereocenters. The molecular weight excluding hydrogens is 284 g/mol. The van der Waals surface area contributed by atoms with E-state index in [0.29, 0.717) is 35.5 Å². The maximum atomic E-state index is 12.8. The minimum Gasteiger partial charge on any atom is -0.295 e. The first kappa shape index (κ1) is 16.0. The molecule has 0 bridgehead atoms. The van der Waals surface area contributed by atoms with E-state index in [1.807, 2.05) is 24.3 Å². The summed E-state index contributed by atoms with van der Waals surface area (Å²) in [4.78, 5) is 17.3. The average molecular weight is 307 g/mol. The van der Waals surface area contributed by atoms with E-state index in [2.05, 4.69) is 32.7 Å². The molecule has 1 aromatic heterocycles. The predicted molar refractivity (Wildman–Crippen MR) is 88.7 cm³/mol. The standard InChI is InChI=1S/C17H23ClN2O/c1-11(2)14(12(3)4)10-20-16(9-18)19-15-8-6-5-7-13(15)17(20)21/h5-8,11-12,14H,9-10H2,1-4H3. The lowest BCUT2D eigenvalue weighted by atomic mass is 9.85. The summed E-state index contributed by atoms with van der Waals surface area (Å²) in [5.41, 5.74) is 0.739. The highest BCUT2D eigenvalue weighted by Gasteiger charge is 2.21. The minimum atomic E-state index is 0.0163. The average Bonchev–Trinajstić information content (AvgIpc) is 2.45. The number of alkyl halides is 1. The second kappa shape index (κ2) is 6.61. The van der Waals surface area contributed by atoms with E-state index in [-0.39, 0.29) is 11.4 Å². The van der Waals surface area contributed by atoms with E-state index < -0.39 is 0 Å². The Kier molecular flexibility index (Phi) is 5.04. The quantitative estimate of drug-likeness (QED) is 0.781. The van der Waals surface area contributed by atoms with E-state index in [9.17, 15) is 4.79 Å². The highest BCUT2D eigenvalue weighted by Crippen LogP contribution is 2.23. The molecule has 0 saturated heterocycles. The third-order valence-electron chi connectivity index (χ3n) is 4.17. The molecule has 0 aliphatic carbocycles. The first-order valence-corrected chi connectivity index (χ1v) is 8.03. The zero-order valence-electron chi connectivity index (χ0n) is 13.1. The van der Waals surface area contributed by atoms with Gasteiger partial charge in [0.2, 0.25) is 0 Å². The van der Waals surface area contributed by atoms with Gasteiger partial charge in [0.1, 0.15) is 5.82 Å². The minimum absolute atomic E-state index is 0.0163. The van der Waals surface area contributed by atoms with Crippen molar-refractivity contribution in [2.75, 3.05) is 0 Å². The van der Waals surface area contributed by atoms with Crippen LogP contribution < -0.4 is 5.56 Å². The highest BCUT2D eigenvalue weighted by molar-refractivity contribution is 6.16. The number of halogens is 1. The zero-order chi connectivity index (χ0) is 15.6. The fourth-order valence-corrected chi connectivity index (χ4v) is 3.11. The lowest BCUT2D eigenvalue weighted by molar-refractivity contribution is 0.247. The molecule has 0 saturated carbocycles.